The zero-order valence-electron chi connectivity index (χ0n) is 10.5. The van der Waals surface area contributed by atoms with Gasteiger partial charge in [0, 0.05) is 26.3 Å². The smallest absolute Gasteiger partial charge is 0.314 e. The first-order valence-electron chi connectivity index (χ1n) is 5.72. The largest absolute Gasteiger partial charge is 0.396 e. The molecule has 0 aromatic heterocycles. The Labute approximate surface area is 97.6 Å². The molecule has 0 aliphatic carbocycles. The molecule has 96 valence electrons. The van der Waals surface area contributed by atoms with Gasteiger partial charge in [0.2, 0.25) is 0 Å². The minimum atomic E-state index is -0.189. The minimum absolute atomic E-state index is 0.0774. The van der Waals surface area contributed by atoms with Gasteiger partial charge in [-0.3, -0.25) is 0 Å². The summed E-state index contributed by atoms with van der Waals surface area (Å²) >= 11 is 0. The zero-order valence-corrected chi connectivity index (χ0v) is 10.5. The highest BCUT2D eigenvalue weighted by molar-refractivity contribution is 5.73. The minimum Gasteiger partial charge on any atom is -0.396 e. The molecule has 0 rings (SSSR count). The lowest BCUT2D eigenvalue weighted by Crippen LogP contribution is -2.42. The lowest BCUT2D eigenvalue weighted by molar-refractivity contribution is 0.149. The first kappa shape index (κ1) is 15.2. The Balaban J connectivity index is 3.56. The van der Waals surface area contributed by atoms with Crippen LogP contribution in [0.1, 0.15) is 27.2 Å². The molecule has 0 aromatic rings. The molecule has 5 heteroatoms. The van der Waals surface area contributed by atoms with Crippen LogP contribution in [0, 0.1) is 5.41 Å². The van der Waals surface area contributed by atoms with Crippen molar-refractivity contribution in [2.45, 2.75) is 27.2 Å². The van der Waals surface area contributed by atoms with Gasteiger partial charge in [0.15, 0.2) is 0 Å². The van der Waals surface area contributed by atoms with Crippen LogP contribution in [-0.2, 0) is 4.74 Å². The number of aliphatic hydroxyl groups excluding tert-OH is 1. The van der Waals surface area contributed by atoms with E-state index in [1.165, 1.54) is 0 Å². The van der Waals surface area contributed by atoms with Gasteiger partial charge in [0.05, 0.1) is 6.61 Å². The second-order valence-corrected chi connectivity index (χ2v) is 4.44. The summed E-state index contributed by atoms with van der Waals surface area (Å²) in [5.74, 6) is 0. The summed E-state index contributed by atoms with van der Waals surface area (Å²) < 4.78 is 5.09. The molecule has 0 radical (unpaired) electrons. The SMILES string of the molecule is CCOCCNC(=O)NCC(C)(C)CCO. The molecule has 0 spiro atoms. The van der Waals surface area contributed by atoms with Gasteiger partial charge in [-0.25, -0.2) is 4.79 Å². The topological polar surface area (TPSA) is 70.6 Å². The maximum atomic E-state index is 11.3. The summed E-state index contributed by atoms with van der Waals surface area (Å²) in [6, 6.07) is -0.189. The van der Waals surface area contributed by atoms with E-state index in [1.54, 1.807) is 0 Å². The normalized spacial score (nSPS) is 11.2. The van der Waals surface area contributed by atoms with Gasteiger partial charge in [-0.15, -0.1) is 0 Å². The van der Waals surface area contributed by atoms with Gasteiger partial charge >= 0.3 is 6.03 Å². The highest BCUT2D eigenvalue weighted by Crippen LogP contribution is 2.17. The Morgan fingerprint density at radius 2 is 2.06 bits per heavy atom. The molecule has 0 unspecified atom stereocenters. The summed E-state index contributed by atoms with van der Waals surface area (Å²) in [5, 5.41) is 14.3. The van der Waals surface area contributed by atoms with Crippen LogP contribution in [0.15, 0.2) is 0 Å². The number of ether oxygens (including phenoxy) is 1. The number of hydrogen-bond acceptors (Lipinski definition) is 3. The van der Waals surface area contributed by atoms with Gasteiger partial charge in [0.25, 0.3) is 0 Å². The lowest BCUT2D eigenvalue weighted by atomic mass is 9.90. The Hall–Kier alpha value is -0.810. The van der Waals surface area contributed by atoms with Crippen molar-refractivity contribution >= 4 is 6.03 Å². The van der Waals surface area contributed by atoms with Crippen molar-refractivity contribution < 1.29 is 14.6 Å². The Morgan fingerprint density at radius 3 is 2.62 bits per heavy atom. The molecule has 0 aliphatic rings. The van der Waals surface area contributed by atoms with Crippen molar-refractivity contribution in [1.29, 1.82) is 0 Å². The van der Waals surface area contributed by atoms with Crippen LogP contribution in [0.25, 0.3) is 0 Å². The van der Waals surface area contributed by atoms with Gasteiger partial charge < -0.3 is 20.5 Å². The molecule has 16 heavy (non-hydrogen) atoms. The van der Waals surface area contributed by atoms with Crippen LogP contribution in [0.2, 0.25) is 0 Å². The molecule has 0 heterocycles. The second kappa shape index (κ2) is 8.35. The fraction of sp³-hybridized carbons (Fsp3) is 0.909. The number of rotatable bonds is 8. The van der Waals surface area contributed by atoms with Crippen molar-refractivity contribution in [3.8, 4) is 0 Å². The van der Waals surface area contributed by atoms with Gasteiger partial charge in [0.1, 0.15) is 0 Å². The van der Waals surface area contributed by atoms with E-state index in [0.29, 0.717) is 32.7 Å². The Morgan fingerprint density at radius 1 is 1.38 bits per heavy atom. The number of carbonyl (C=O) groups excluding carboxylic acids is 1. The average molecular weight is 232 g/mol. The monoisotopic (exact) mass is 232 g/mol. The third kappa shape index (κ3) is 8.49. The number of aliphatic hydroxyl groups is 1. The first-order chi connectivity index (χ1) is 7.52. The van der Waals surface area contributed by atoms with Crippen LogP contribution in [-0.4, -0.2) is 44.0 Å². The van der Waals surface area contributed by atoms with E-state index in [1.807, 2.05) is 20.8 Å². The van der Waals surface area contributed by atoms with Gasteiger partial charge in [-0.1, -0.05) is 13.8 Å². The summed E-state index contributed by atoms with van der Waals surface area (Å²) in [5.41, 5.74) is -0.0774. The highest BCUT2D eigenvalue weighted by atomic mass is 16.5. The summed E-state index contributed by atoms with van der Waals surface area (Å²) in [6.45, 7) is 8.32. The fourth-order valence-corrected chi connectivity index (χ4v) is 1.15. The van der Waals surface area contributed by atoms with Crippen LogP contribution in [0.5, 0.6) is 0 Å². The maximum absolute atomic E-state index is 11.3. The molecule has 0 atom stereocenters. The van der Waals surface area contributed by atoms with Crippen molar-refractivity contribution in [2.24, 2.45) is 5.41 Å². The molecule has 0 saturated heterocycles. The third-order valence-corrected chi connectivity index (χ3v) is 2.25. The van der Waals surface area contributed by atoms with Crippen molar-refractivity contribution in [1.82, 2.24) is 10.6 Å². The number of hydrogen-bond donors (Lipinski definition) is 3. The van der Waals surface area contributed by atoms with Crippen LogP contribution in [0.4, 0.5) is 4.79 Å². The van der Waals surface area contributed by atoms with Crippen molar-refractivity contribution in [2.75, 3.05) is 32.9 Å². The lowest BCUT2D eigenvalue weighted by Gasteiger charge is -2.23. The predicted molar refractivity (Wildman–Crippen MR) is 63.4 cm³/mol. The van der Waals surface area contributed by atoms with E-state index in [2.05, 4.69) is 10.6 Å². The molecule has 2 amide bonds. The van der Waals surface area contributed by atoms with Crippen LogP contribution < -0.4 is 10.6 Å². The van der Waals surface area contributed by atoms with E-state index in [0.717, 1.165) is 0 Å². The van der Waals surface area contributed by atoms with Crippen LogP contribution in [0.3, 0.4) is 0 Å². The predicted octanol–water partition coefficient (Wildman–Crippen LogP) is 0.731. The Bertz CT molecular complexity index is 196. The first-order valence-corrected chi connectivity index (χ1v) is 5.72. The summed E-state index contributed by atoms with van der Waals surface area (Å²) in [4.78, 5) is 11.3. The fourth-order valence-electron chi connectivity index (χ4n) is 1.15. The number of urea groups is 1. The highest BCUT2D eigenvalue weighted by Gasteiger charge is 2.17. The molecular weight excluding hydrogens is 208 g/mol. The molecular formula is C11H24N2O3. The average Bonchev–Trinajstić information content (AvgIpc) is 2.22. The molecule has 0 aliphatic heterocycles. The zero-order chi connectivity index (χ0) is 12.4. The van der Waals surface area contributed by atoms with E-state index < -0.39 is 0 Å². The molecule has 0 fully saturated rings. The summed E-state index contributed by atoms with van der Waals surface area (Å²) in [7, 11) is 0. The van der Waals surface area contributed by atoms with E-state index in [4.69, 9.17) is 9.84 Å². The van der Waals surface area contributed by atoms with Crippen molar-refractivity contribution in [3.05, 3.63) is 0 Å². The number of nitrogens with one attached hydrogen (secondary N) is 2. The Kier molecular flexibility index (Phi) is 7.93. The molecule has 5 nitrogen and oxygen atoms in total. The molecule has 0 saturated carbocycles. The maximum Gasteiger partial charge on any atom is 0.314 e. The van der Waals surface area contributed by atoms with E-state index >= 15 is 0 Å². The van der Waals surface area contributed by atoms with Crippen molar-refractivity contribution in [3.63, 3.8) is 0 Å². The van der Waals surface area contributed by atoms with Gasteiger partial charge in [-0.2, -0.15) is 0 Å². The molecule has 0 aromatic carbocycles. The standard InChI is InChI=1S/C11H24N2O3/c1-4-16-8-6-12-10(15)13-9-11(2,3)5-7-14/h14H,4-9H2,1-3H3,(H2,12,13,15). The van der Waals surface area contributed by atoms with E-state index in [9.17, 15) is 4.79 Å². The molecule has 0 bridgehead atoms. The quantitative estimate of drug-likeness (QED) is 0.540. The number of carbonyl (C=O) groups is 1. The van der Waals surface area contributed by atoms with E-state index in [-0.39, 0.29) is 18.1 Å². The number of amides is 2. The second-order valence-electron chi connectivity index (χ2n) is 4.44. The third-order valence-electron chi connectivity index (χ3n) is 2.25. The van der Waals surface area contributed by atoms with Gasteiger partial charge in [-0.05, 0) is 18.8 Å². The van der Waals surface area contributed by atoms with Crippen LogP contribution >= 0.6 is 0 Å². The summed E-state index contributed by atoms with van der Waals surface area (Å²) in [6.07, 6.45) is 0.673. The molecule has 3 N–H and O–H groups in total.